The lowest BCUT2D eigenvalue weighted by atomic mass is 9.97. The summed E-state index contributed by atoms with van der Waals surface area (Å²) < 4.78 is 0. The predicted molar refractivity (Wildman–Crippen MR) is 74.5 cm³/mol. The van der Waals surface area contributed by atoms with Gasteiger partial charge in [-0.3, -0.25) is 5.01 Å². The average Bonchev–Trinajstić information content (AvgIpc) is 2.86. The molecule has 1 N–H and O–H groups in total. The fourth-order valence-corrected chi connectivity index (χ4v) is 2.76. The Bertz CT molecular complexity index is 472. The number of hydrogen-bond donors (Lipinski definition) is 1. The van der Waals surface area contributed by atoms with Gasteiger partial charge in [0.2, 0.25) is 0 Å². The van der Waals surface area contributed by atoms with E-state index >= 15 is 0 Å². The summed E-state index contributed by atoms with van der Waals surface area (Å²) in [6.07, 6.45) is 5.48. The highest BCUT2D eigenvalue weighted by atomic mass is 16.2. The predicted octanol–water partition coefficient (Wildman–Crippen LogP) is 1.66. The summed E-state index contributed by atoms with van der Waals surface area (Å²) >= 11 is 0. The Morgan fingerprint density at radius 2 is 2.11 bits per heavy atom. The molecule has 2 aliphatic heterocycles. The molecule has 1 saturated heterocycles. The van der Waals surface area contributed by atoms with E-state index in [2.05, 4.69) is 46.7 Å². The zero-order valence-electron chi connectivity index (χ0n) is 11.0. The van der Waals surface area contributed by atoms with Crippen LogP contribution in [0.3, 0.4) is 0 Å². The second-order valence-electron chi connectivity index (χ2n) is 5.10. The smallest absolute Gasteiger partial charge is 0.332 e. The molecule has 1 atom stereocenters. The molecule has 0 aromatic heterocycles. The topological polar surface area (TPSA) is 35.6 Å². The third kappa shape index (κ3) is 2.79. The van der Waals surface area contributed by atoms with Crippen LogP contribution in [0.1, 0.15) is 5.56 Å². The van der Waals surface area contributed by atoms with Gasteiger partial charge in [-0.2, -0.15) is 0 Å². The Morgan fingerprint density at radius 3 is 2.84 bits per heavy atom. The summed E-state index contributed by atoms with van der Waals surface area (Å²) in [7, 11) is 0. The van der Waals surface area contributed by atoms with Gasteiger partial charge in [0.15, 0.2) is 0 Å². The van der Waals surface area contributed by atoms with Crippen LogP contribution in [0.4, 0.5) is 4.79 Å². The number of hydrazine groups is 1. The first kappa shape index (κ1) is 12.2. The van der Waals surface area contributed by atoms with Gasteiger partial charge >= 0.3 is 6.03 Å². The van der Waals surface area contributed by atoms with Crippen molar-refractivity contribution in [2.24, 2.45) is 5.92 Å². The highest BCUT2D eigenvalue weighted by molar-refractivity contribution is 5.75. The molecule has 0 saturated carbocycles. The molecule has 0 radical (unpaired) electrons. The van der Waals surface area contributed by atoms with E-state index in [0.29, 0.717) is 5.92 Å². The van der Waals surface area contributed by atoms with E-state index < -0.39 is 0 Å². The van der Waals surface area contributed by atoms with E-state index in [4.69, 9.17) is 0 Å². The van der Waals surface area contributed by atoms with E-state index in [1.807, 2.05) is 11.1 Å². The normalized spacial score (nSPS) is 23.7. The van der Waals surface area contributed by atoms with Crippen molar-refractivity contribution in [3.05, 3.63) is 48.0 Å². The molecule has 4 heteroatoms. The van der Waals surface area contributed by atoms with Crippen LogP contribution in [0, 0.1) is 5.92 Å². The van der Waals surface area contributed by atoms with Gasteiger partial charge < -0.3 is 5.32 Å². The van der Waals surface area contributed by atoms with Gasteiger partial charge in [0.1, 0.15) is 0 Å². The second kappa shape index (κ2) is 5.45. The lowest BCUT2D eigenvalue weighted by Crippen LogP contribution is -2.48. The van der Waals surface area contributed by atoms with Gasteiger partial charge in [0.05, 0.1) is 6.54 Å². The summed E-state index contributed by atoms with van der Waals surface area (Å²) in [6, 6.07) is 10.6. The number of amides is 2. The summed E-state index contributed by atoms with van der Waals surface area (Å²) in [5.74, 6) is 0.476. The van der Waals surface area contributed by atoms with Crippen molar-refractivity contribution in [1.82, 2.24) is 15.3 Å². The highest BCUT2D eigenvalue weighted by Crippen LogP contribution is 2.18. The third-order valence-electron chi connectivity index (χ3n) is 3.69. The molecule has 4 nitrogen and oxygen atoms in total. The van der Waals surface area contributed by atoms with Crippen LogP contribution >= 0.6 is 0 Å². The van der Waals surface area contributed by atoms with Crippen molar-refractivity contribution in [2.75, 3.05) is 26.2 Å². The maximum Gasteiger partial charge on any atom is 0.332 e. The molecule has 2 heterocycles. The van der Waals surface area contributed by atoms with E-state index in [-0.39, 0.29) is 6.03 Å². The van der Waals surface area contributed by atoms with Crippen LogP contribution in [0.25, 0.3) is 0 Å². The van der Waals surface area contributed by atoms with Crippen LogP contribution in [0.15, 0.2) is 42.5 Å². The molecule has 3 rings (SSSR count). The highest BCUT2D eigenvalue weighted by Gasteiger charge is 2.28. The largest absolute Gasteiger partial charge is 0.335 e. The Kier molecular flexibility index (Phi) is 3.51. The first-order valence-corrected chi connectivity index (χ1v) is 6.84. The molecular weight excluding hydrogens is 238 g/mol. The number of urea groups is 1. The summed E-state index contributed by atoms with van der Waals surface area (Å²) in [5, 5.41) is 6.84. The number of carbonyl (C=O) groups excluding carboxylic acids is 1. The lowest BCUT2D eigenvalue weighted by Gasteiger charge is -2.34. The van der Waals surface area contributed by atoms with Gasteiger partial charge in [-0.25, -0.2) is 9.80 Å². The number of benzene rings is 1. The van der Waals surface area contributed by atoms with Crippen LogP contribution < -0.4 is 5.32 Å². The van der Waals surface area contributed by atoms with E-state index in [1.165, 1.54) is 5.56 Å². The number of nitrogens with one attached hydrogen (secondary N) is 1. The van der Waals surface area contributed by atoms with Crippen molar-refractivity contribution >= 4 is 6.03 Å². The van der Waals surface area contributed by atoms with Crippen LogP contribution in [0.5, 0.6) is 0 Å². The Morgan fingerprint density at radius 1 is 1.26 bits per heavy atom. The van der Waals surface area contributed by atoms with Crippen molar-refractivity contribution in [2.45, 2.75) is 6.42 Å². The van der Waals surface area contributed by atoms with Gasteiger partial charge in [0.25, 0.3) is 0 Å². The van der Waals surface area contributed by atoms with Crippen LogP contribution in [-0.4, -0.2) is 42.2 Å². The summed E-state index contributed by atoms with van der Waals surface area (Å²) in [5.41, 5.74) is 1.35. The molecule has 0 bridgehead atoms. The van der Waals surface area contributed by atoms with Crippen LogP contribution in [0.2, 0.25) is 0 Å². The quantitative estimate of drug-likeness (QED) is 0.836. The number of rotatable bonds is 3. The molecule has 19 heavy (non-hydrogen) atoms. The monoisotopic (exact) mass is 257 g/mol. The van der Waals surface area contributed by atoms with Gasteiger partial charge in [-0.15, -0.1) is 0 Å². The van der Waals surface area contributed by atoms with Crippen molar-refractivity contribution in [3.63, 3.8) is 0 Å². The third-order valence-corrected chi connectivity index (χ3v) is 3.69. The fraction of sp³-hybridized carbons (Fsp3) is 0.400. The lowest BCUT2D eigenvalue weighted by molar-refractivity contribution is 0.0292. The summed E-state index contributed by atoms with van der Waals surface area (Å²) in [4.78, 5) is 11.7. The molecule has 2 aliphatic rings. The molecule has 1 unspecified atom stereocenters. The van der Waals surface area contributed by atoms with E-state index in [9.17, 15) is 4.79 Å². The van der Waals surface area contributed by atoms with Gasteiger partial charge in [-0.05, 0) is 17.9 Å². The Balaban J connectivity index is 1.63. The number of hydrogen-bond acceptors (Lipinski definition) is 2. The first-order chi connectivity index (χ1) is 9.33. The second-order valence-corrected chi connectivity index (χ2v) is 5.10. The minimum Gasteiger partial charge on any atom is -0.335 e. The Hall–Kier alpha value is -1.81. The zero-order chi connectivity index (χ0) is 13.1. The standard InChI is InChI=1S/C15H19N3O/c19-15-16-8-10-18(15)17-9-4-7-14(12-17)11-13-5-2-1-3-6-13/h1-7,14H,8-12H2,(H,16,19). The molecule has 0 aliphatic carbocycles. The SMILES string of the molecule is O=C1NCCN1N1CC=CC(Cc2ccccc2)C1. The van der Waals surface area contributed by atoms with E-state index in [1.54, 1.807) is 0 Å². The molecular formula is C15H19N3O. The fourth-order valence-electron chi connectivity index (χ4n) is 2.76. The number of nitrogens with zero attached hydrogens (tertiary/aromatic N) is 2. The zero-order valence-corrected chi connectivity index (χ0v) is 11.0. The van der Waals surface area contributed by atoms with Crippen molar-refractivity contribution in [1.29, 1.82) is 0 Å². The van der Waals surface area contributed by atoms with Crippen molar-refractivity contribution in [3.8, 4) is 0 Å². The minimum atomic E-state index is 0.0359. The molecule has 1 fully saturated rings. The molecule has 2 amide bonds. The van der Waals surface area contributed by atoms with Crippen molar-refractivity contribution < 1.29 is 4.79 Å². The minimum absolute atomic E-state index is 0.0359. The number of carbonyl (C=O) groups is 1. The molecule has 100 valence electrons. The Labute approximate surface area is 113 Å². The van der Waals surface area contributed by atoms with E-state index in [0.717, 1.165) is 32.6 Å². The maximum absolute atomic E-state index is 11.7. The summed E-state index contributed by atoms with van der Waals surface area (Å²) in [6.45, 7) is 3.28. The van der Waals surface area contributed by atoms with Gasteiger partial charge in [-0.1, -0.05) is 42.5 Å². The maximum atomic E-state index is 11.7. The molecule has 0 spiro atoms. The molecule has 1 aromatic rings. The molecule has 1 aromatic carbocycles. The first-order valence-electron chi connectivity index (χ1n) is 6.84. The van der Waals surface area contributed by atoms with Gasteiger partial charge in [0, 0.05) is 19.6 Å². The van der Waals surface area contributed by atoms with Crippen LogP contribution in [-0.2, 0) is 6.42 Å². The average molecular weight is 257 g/mol.